The van der Waals surface area contributed by atoms with Crippen molar-refractivity contribution in [2.45, 2.75) is 19.3 Å². The van der Waals surface area contributed by atoms with Gasteiger partial charge in [0, 0.05) is 18.6 Å². The molecule has 0 aliphatic carbocycles. The number of rotatable bonds is 6. The molecule has 0 atom stereocenters. The summed E-state index contributed by atoms with van der Waals surface area (Å²) in [6.07, 6.45) is 1.71. The molecule has 0 aromatic heterocycles. The molecule has 6 heteroatoms. The molecule has 0 heterocycles. The fourth-order valence-electron chi connectivity index (χ4n) is 2.05. The van der Waals surface area contributed by atoms with Gasteiger partial charge in [0.2, 0.25) is 5.91 Å². The van der Waals surface area contributed by atoms with Crippen LogP contribution in [0.1, 0.15) is 18.4 Å². The zero-order chi connectivity index (χ0) is 15.9. The maximum atomic E-state index is 11.8. The number of nitrogens with zero attached hydrogens (tertiary/aromatic N) is 1. The second-order valence-corrected chi connectivity index (χ2v) is 4.85. The smallest absolute Gasteiger partial charge is 0.271 e. The molecule has 0 bridgehead atoms. The van der Waals surface area contributed by atoms with Crippen LogP contribution in [-0.4, -0.2) is 15.9 Å². The quantitative estimate of drug-likeness (QED) is 0.486. The van der Waals surface area contributed by atoms with E-state index < -0.39 is 4.92 Å². The number of hydrogen-bond acceptors (Lipinski definition) is 4. The number of nitro groups is 1. The van der Waals surface area contributed by atoms with Gasteiger partial charge in [0.05, 0.1) is 10.6 Å². The van der Waals surface area contributed by atoms with E-state index in [4.69, 9.17) is 0 Å². The lowest BCUT2D eigenvalue weighted by molar-refractivity contribution is -0.384. The molecule has 0 saturated carbocycles. The number of nitrogens with one attached hydrogen (secondary N) is 1. The number of phenols is 1. The Labute approximate surface area is 127 Å². The summed E-state index contributed by atoms with van der Waals surface area (Å²) in [5, 5.41) is 22.8. The molecule has 0 aliphatic heterocycles. The van der Waals surface area contributed by atoms with Gasteiger partial charge in [-0.25, -0.2) is 0 Å². The standard InChI is InChI=1S/C16H16N2O4/c19-15-10-9-13(18(21)22)11-14(15)17-16(20)8-4-7-12-5-2-1-3-6-12/h1-3,5-6,9-11,19H,4,7-8H2,(H,17,20). The Kier molecular flexibility index (Phi) is 5.08. The van der Waals surface area contributed by atoms with Gasteiger partial charge in [-0.3, -0.25) is 14.9 Å². The molecule has 2 N–H and O–H groups in total. The van der Waals surface area contributed by atoms with Crippen molar-refractivity contribution in [3.8, 4) is 5.75 Å². The van der Waals surface area contributed by atoms with Gasteiger partial charge in [0.25, 0.3) is 5.69 Å². The number of non-ortho nitro benzene ring substituents is 1. The Hall–Kier alpha value is -2.89. The fourth-order valence-corrected chi connectivity index (χ4v) is 2.05. The SMILES string of the molecule is O=C(CCCc1ccccc1)Nc1cc([N+](=O)[O-])ccc1O. The van der Waals surface area contributed by atoms with E-state index in [-0.39, 0.29) is 29.5 Å². The molecule has 0 fully saturated rings. The summed E-state index contributed by atoms with van der Waals surface area (Å²) in [5.41, 5.74) is 1.02. The predicted octanol–water partition coefficient (Wildman–Crippen LogP) is 3.26. The maximum Gasteiger partial charge on any atom is 0.271 e. The average molecular weight is 300 g/mol. The molecule has 0 aliphatic rings. The van der Waals surface area contributed by atoms with Crippen LogP contribution in [0.5, 0.6) is 5.75 Å². The lowest BCUT2D eigenvalue weighted by atomic mass is 10.1. The first-order valence-electron chi connectivity index (χ1n) is 6.87. The van der Waals surface area contributed by atoms with Gasteiger partial charge >= 0.3 is 0 Å². The lowest BCUT2D eigenvalue weighted by Crippen LogP contribution is -2.11. The number of nitro benzene ring substituents is 1. The summed E-state index contributed by atoms with van der Waals surface area (Å²) in [6, 6.07) is 13.3. The number of hydrogen-bond donors (Lipinski definition) is 2. The molecular weight excluding hydrogens is 284 g/mol. The highest BCUT2D eigenvalue weighted by Gasteiger charge is 2.12. The van der Waals surface area contributed by atoms with Crippen molar-refractivity contribution in [3.63, 3.8) is 0 Å². The van der Waals surface area contributed by atoms with Crippen LogP contribution in [0.15, 0.2) is 48.5 Å². The summed E-state index contributed by atoms with van der Waals surface area (Å²) < 4.78 is 0. The van der Waals surface area contributed by atoms with E-state index in [1.807, 2.05) is 30.3 Å². The molecule has 22 heavy (non-hydrogen) atoms. The lowest BCUT2D eigenvalue weighted by Gasteiger charge is -2.07. The Balaban J connectivity index is 1.89. The number of benzene rings is 2. The monoisotopic (exact) mass is 300 g/mol. The van der Waals surface area contributed by atoms with Crippen LogP contribution in [0, 0.1) is 10.1 Å². The maximum absolute atomic E-state index is 11.8. The van der Waals surface area contributed by atoms with Crippen LogP contribution in [0.2, 0.25) is 0 Å². The highest BCUT2D eigenvalue weighted by atomic mass is 16.6. The van der Waals surface area contributed by atoms with Gasteiger partial charge in [0.15, 0.2) is 0 Å². The molecule has 6 nitrogen and oxygen atoms in total. The molecule has 0 unspecified atom stereocenters. The summed E-state index contributed by atoms with van der Waals surface area (Å²) in [7, 11) is 0. The van der Waals surface area contributed by atoms with E-state index in [0.717, 1.165) is 18.1 Å². The molecule has 2 aromatic carbocycles. The van der Waals surface area contributed by atoms with E-state index in [9.17, 15) is 20.0 Å². The van der Waals surface area contributed by atoms with E-state index >= 15 is 0 Å². The molecular formula is C16H16N2O4. The van der Waals surface area contributed by atoms with Crippen molar-refractivity contribution in [2.75, 3.05) is 5.32 Å². The van der Waals surface area contributed by atoms with Crippen molar-refractivity contribution in [2.24, 2.45) is 0 Å². The molecule has 0 spiro atoms. The molecule has 0 saturated heterocycles. The van der Waals surface area contributed by atoms with Gasteiger partial charge in [-0.1, -0.05) is 30.3 Å². The summed E-state index contributed by atoms with van der Waals surface area (Å²) in [4.78, 5) is 22.0. The number of amides is 1. The first-order valence-corrected chi connectivity index (χ1v) is 6.87. The van der Waals surface area contributed by atoms with Gasteiger partial charge in [-0.05, 0) is 24.5 Å². The van der Waals surface area contributed by atoms with Gasteiger partial charge in [-0.2, -0.15) is 0 Å². The molecule has 0 radical (unpaired) electrons. The number of anilines is 1. The van der Waals surface area contributed by atoms with Crippen LogP contribution in [0.3, 0.4) is 0 Å². The Morgan fingerprint density at radius 3 is 2.59 bits per heavy atom. The highest BCUT2D eigenvalue weighted by Crippen LogP contribution is 2.27. The van der Waals surface area contributed by atoms with E-state index in [0.29, 0.717) is 6.42 Å². The second kappa shape index (κ2) is 7.21. The number of aryl methyl sites for hydroxylation is 1. The summed E-state index contributed by atoms with van der Waals surface area (Å²) in [5.74, 6) is -0.478. The largest absolute Gasteiger partial charge is 0.506 e. The third-order valence-electron chi connectivity index (χ3n) is 3.18. The first-order chi connectivity index (χ1) is 10.6. The van der Waals surface area contributed by atoms with Gasteiger partial charge in [-0.15, -0.1) is 0 Å². The topological polar surface area (TPSA) is 92.5 Å². The van der Waals surface area contributed by atoms with E-state index in [1.54, 1.807) is 0 Å². The zero-order valence-corrected chi connectivity index (χ0v) is 11.9. The summed E-state index contributed by atoms with van der Waals surface area (Å²) >= 11 is 0. The zero-order valence-electron chi connectivity index (χ0n) is 11.9. The van der Waals surface area contributed by atoms with Crippen LogP contribution < -0.4 is 5.32 Å². The fraction of sp³-hybridized carbons (Fsp3) is 0.188. The highest BCUT2D eigenvalue weighted by molar-refractivity contribution is 5.92. The van der Waals surface area contributed by atoms with Crippen molar-refractivity contribution < 1.29 is 14.8 Å². The van der Waals surface area contributed by atoms with Crippen LogP contribution >= 0.6 is 0 Å². The average Bonchev–Trinajstić information content (AvgIpc) is 2.50. The second-order valence-electron chi connectivity index (χ2n) is 4.85. The van der Waals surface area contributed by atoms with Crippen molar-refractivity contribution in [1.82, 2.24) is 0 Å². The van der Waals surface area contributed by atoms with E-state index in [2.05, 4.69) is 5.32 Å². The first kappa shape index (κ1) is 15.5. The Morgan fingerprint density at radius 1 is 1.18 bits per heavy atom. The van der Waals surface area contributed by atoms with Crippen LogP contribution in [-0.2, 0) is 11.2 Å². The minimum absolute atomic E-state index is 0.0545. The number of carbonyl (C=O) groups excluding carboxylic acids is 1. The molecule has 1 amide bonds. The van der Waals surface area contributed by atoms with Crippen molar-refractivity contribution >= 4 is 17.3 Å². The molecule has 2 aromatic rings. The van der Waals surface area contributed by atoms with Crippen LogP contribution in [0.4, 0.5) is 11.4 Å². The third kappa shape index (κ3) is 4.31. The van der Waals surface area contributed by atoms with Gasteiger partial charge < -0.3 is 10.4 Å². The van der Waals surface area contributed by atoms with Crippen molar-refractivity contribution in [1.29, 1.82) is 0 Å². The minimum atomic E-state index is -0.579. The summed E-state index contributed by atoms with van der Waals surface area (Å²) in [6.45, 7) is 0. The number of aromatic hydroxyl groups is 1. The normalized spacial score (nSPS) is 10.2. The predicted molar refractivity (Wildman–Crippen MR) is 82.8 cm³/mol. The number of phenolic OH excluding ortho intramolecular Hbond substituents is 1. The van der Waals surface area contributed by atoms with E-state index in [1.165, 1.54) is 12.1 Å². The number of carbonyl (C=O) groups is 1. The Morgan fingerprint density at radius 2 is 1.91 bits per heavy atom. The van der Waals surface area contributed by atoms with Crippen LogP contribution in [0.25, 0.3) is 0 Å². The molecule has 114 valence electrons. The third-order valence-corrected chi connectivity index (χ3v) is 3.18. The van der Waals surface area contributed by atoms with Gasteiger partial charge in [0.1, 0.15) is 5.75 Å². The Bertz CT molecular complexity index is 671. The van der Waals surface area contributed by atoms with Crippen molar-refractivity contribution in [3.05, 3.63) is 64.2 Å². The molecule has 2 rings (SSSR count). The minimum Gasteiger partial charge on any atom is -0.506 e.